The molecule has 0 aromatic rings. The minimum Gasteiger partial charge on any atom is -0.303 e. The number of nitrogens with two attached hydrogens (primary N) is 6. The molecular weight excluding hydrogens is 243 g/mol. The monoisotopic (exact) mass is 268 g/mol. The molecule has 11 heteroatoms. The van der Waals surface area contributed by atoms with Crippen LogP contribution in [0.4, 0.5) is 0 Å². The Hall–Kier alpha value is -0.130. The Morgan fingerprint density at radius 2 is 1.35 bits per heavy atom. The fraction of sp³-hybridized carbons (Fsp3) is 1.00. The van der Waals surface area contributed by atoms with Crippen LogP contribution < -0.4 is 34.5 Å². The maximum Gasteiger partial charge on any atom is 0.190 e. The third-order valence-corrected chi connectivity index (χ3v) is 5.84. The Bertz CT molecular complexity index is 280. The maximum atomic E-state index is 5.70. The Labute approximate surface area is 102 Å². The number of hydrogen-bond donors (Lipinski definition) is 6. The van der Waals surface area contributed by atoms with Crippen molar-refractivity contribution in [2.24, 2.45) is 39.4 Å². The first-order chi connectivity index (χ1) is 7.51. The minimum absolute atomic E-state index is 1.000. The average Bonchev–Trinajstić information content (AvgIpc) is 2.09. The van der Waals surface area contributed by atoms with Gasteiger partial charge in [-0.05, 0) is 28.2 Å². The van der Waals surface area contributed by atoms with Gasteiger partial charge >= 0.3 is 0 Å². The molecule has 0 aliphatic carbocycles. The third-order valence-electron chi connectivity index (χ3n) is 2.20. The van der Waals surface area contributed by atoms with Crippen molar-refractivity contribution < 1.29 is 0 Å². The molecule has 0 aromatic carbocycles. The van der Waals surface area contributed by atoms with Crippen molar-refractivity contribution in [3.8, 4) is 0 Å². The molecular formula is C6H25N10P. The van der Waals surface area contributed by atoms with E-state index in [4.69, 9.17) is 34.5 Å². The van der Waals surface area contributed by atoms with E-state index in [2.05, 4.69) is 4.85 Å². The van der Waals surface area contributed by atoms with E-state index in [0.29, 0.717) is 0 Å². The summed E-state index contributed by atoms with van der Waals surface area (Å²) in [6, 6.07) is 0. The first-order valence-electron chi connectivity index (χ1n) is 4.86. The molecule has 0 bridgehead atoms. The molecule has 0 fully saturated rings. The van der Waals surface area contributed by atoms with Gasteiger partial charge in [-0.15, -0.1) is 0 Å². The van der Waals surface area contributed by atoms with Gasteiger partial charge in [0, 0.05) is 0 Å². The Morgan fingerprint density at radius 1 is 1.00 bits per heavy atom. The van der Waals surface area contributed by atoms with Gasteiger partial charge in [0.15, 0.2) is 13.4 Å². The van der Waals surface area contributed by atoms with Crippen molar-refractivity contribution >= 4 is 7.51 Å². The fourth-order valence-corrected chi connectivity index (χ4v) is 4.51. The Morgan fingerprint density at radius 3 is 1.41 bits per heavy atom. The van der Waals surface area contributed by atoms with E-state index in [0.717, 1.165) is 0 Å². The van der Waals surface area contributed by atoms with E-state index in [1.165, 1.54) is 4.67 Å². The van der Waals surface area contributed by atoms with Gasteiger partial charge < -0.3 is 11.5 Å². The van der Waals surface area contributed by atoms with E-state index in [1.807, 2.05) is 0 Å². The summed E-state index contributed by atoms with van der Waals surface area (Å²) in [4.78, 5) is 3.90. The van der Waals surface area contributed by atoms with Crippen molar-refractivity contribution in [3.63, 3.8) is 0 Å². The quantitative estimate of drug-likeness (QED) is 0.130. The molecule has 12 N–H and O–H groups in total. The summed E-state index contributed by atoms with van der Waals surface area (Å²) in [6.07, 6.45) is -1.000. The second kappa shape index (κ2) is 5.67. The lowest BCUT2D eigenvalue weighted by Gasteiger charge is -2.49. The smallest absolute Gasteiger partial charge is 0.190 e. The standard InChI is InChI=1S/C6H25N10P/c1-14(2)17(13-12,15(3)4)16(5(7)8)6(9,10)11/h5H,7-12H2,1-4H3. The van der Waals surface area contributed by atoms with Gasteiger partial charge in [0.1, 0.15) is 6.29 Å². The molecule has 0 saturated heterocycles. The highest BCUT2D eigenvalue weighted by Crippen LogP contribution is 2.56. The summed E-state index contributed by atoms with van der Waals surface area (Å²) < 4.78 is 4.81. The van der Waals surface area contributed by atoms with Crippen molar-refractivity contribution in [3.05, 3.63) is 0 Å². The van der Waals surface area contributed by atoms with E-state index < -0.39 is 19.7 Å². The van der Waals surface area contributed by atoms with Crippen molar-refractivity contribution in [2.75, 3.05) is 28.2 Å². The van der Waals surface area contributed by atoms with Gasteiger partial charge in [-0.3, -0.25) is 26.5 Å². The van der Waals surface area contributed by atoms with Crippen molar-refractivity contribution in [1.82, 2.24) is 14.0 Å². The van der Waals surface area contributed by atoms with Crippen LogP contribution in [0, 0.1) is 0 Å². The van der Waals surface area contributed by atoms with Gasteiger partial charge in [0.25, 0.3) is 0 Å². The van der Waals surface area contributed by atoms with Gasteiger partial charge in [-0.1, -0.05) is 0 Å². The molecule has 17 heavy (non-hydrogen) atoms. The molecule has 0 atom stereocenters. The highest BCUT2D eigenvalue weighted by Gasteiger charge is 2.43. The van der Waals surface area contributed by atoms with Crippen LogP contribution in [0.2, 0.25) is 0 Å². The van der Waals surface area contributed by atoms with Crippen LogP contribution in [-0.2, 0) is 0 Å². The number of nitrogens with zero attached hydrogens (tertiary/aromatic N) is 4. The van der Waals surface area contributed by atoms with Crippen LogP contribution in [0.5, 0.6) is 0 Å². The predicted octanol–water partition coefficient (Wildman–Crippen LogP) is -3.08. The molecule has 0 aromatic heterocycles. The molecule has 0 rings (SSSR count). The zero-order chi connectivity index (χ0) is 14.0. The van der Waals surface area contributed by atoms with E-state index >= 15 is 0 Å². The Balaban J connectivity index is 5.90. The van der Waals surface area contributed by atoms with Gasteiger partial charge in [-0.25, -0.2) is 5.84 Å². The second-order valence-corrected chi connectivity index (χ2v) is 7.40. The molecule has 0 spiro atoms. The van der Waals surface area contributed by atoms with E-state index in [9.17, 15) is 0 Å². The lowest BCUT2D eigenvalue weighted by atomic mass is 10.6. The molecule has 0 saturated carbocycles. The topological polar surface area (TPSA) is 178 Å². The molecule has 0 aliphatic rings. The first-order valence-corrected chi connectivity index (χ1v) is 6.46. The molecule has 0 amide bonds. The van der Waals surface area contributed by atoms with E-state index in [-0.39, 0.29) is 0 Å². The van der Waals surface area contributed by atoms with Gasteiger partial charge in [-0.2, -0.15) is 9.52 Å². The molecule has 0 radical (unpaired) electrons. The molecule has 0 heterocycles. The van der Waals surface area contributed by atoms with Gasteiger partial charge in [0.05, 0.1) is 0 Å². The van der Waals surface area contributed by atoms with Crippen molar-refractivity contribution in [2.45, 2.75) is 12.2 Å². The summed E-state index contributed by atoms with van der Waals surface area (Å²) in [5, 5.41) is 0. The highest BCUT2D eigenvalue weighted by atomic mass is 31.2. The molecule has 0 unspecified atom stereocenters. The average molecular weight is 268 g/mol. The minimum atomic E-state index is -2.63. The highest BCUT2D eigenvalue weighted by molar-refractivity contribution is 7.59. The molecule has 0 aliphatic heterocycles. The van der Waals surface area contributed by atoms with Crippen LogP contribution in [0.15, 0.2) is 4.85 Å². The van der Waals surface area contributed by atoms with Crippen molar-refractivity contribution in [1.29, 1.82) is 0 Å². The lowest BCUT2D eigenvalue weighted by molar-refractivity contribution is 0.146. The largest absolute Gasteiger partial charge is 0.303 e. The van der Waals surface area contributed by atoms with Crippen LogP contribution in [0.1, 0.15) is 0 Å². The SMILES string of the molecule is CN(C)P(=NN)(N(C)C)N(C(N)N)C(N)(N)N. The summed E-state index contributed by atoms with van der Waals surface area (Å²) in [5.41, 5.74) is 28.5. The summed E-state index contributed by atoms with van der Waals surface area (Å²) >= 11 is 0. The number of hydrogen-bond acceptors (Lipinski definition) is 6. The van der Waals surface area contributed by atoms with Gasteiger partial charge in [0.2, 0.25) is 0 Å². The summed E-state index contributed by atoms with van der Waals surface area (Å²) in [6.45, 7) is 0. The van der Waals surface area contributed by atoms with Crippen LogP contribution in [0.3, 0.4) is 0 Å². The van der Waals surface area contributed by atoms with Crippen LogP contribution >= 0.6 is 7.51 Å². The third kappa shape index (κ3) is 3.20. The Kier molecular flexibility index (Phi) is 5.63. The summed E-state index contributed by atoms with van der Waals surface area (Å²) in [7, 11) is 4.45. The van der Waals surface area contributed by atoms with E-state index in [1.54, 1.807) is 37.5 Å². The maximum absolute atomic E-state index is 5.70. The zero-order valence-electron chi connectivity index (χ0n) is 10.8. The zero-order valence-corrected chi connectivity index (χ0v) is 11.7. The second-order valence-electron chi connectivity index (χ2n) is 4.07. The van der Waals surface area contributed by atoms with Crippen LogP contribution in [-0.4, -0.2) is 54.4 Å². The van der Waals surface area contributed by atoms with Crippen LogP contribution in [0.25, 0.3) is 0 Å². The normalized spacial score (nSPS) is 14.2. The molecule has 104 valence electrons. The lowest BCUT2D eigenvalue weighted by Crippen LogP contribution is -2.74. The summed E-state index contributed by atoms with van der Waals surface area (Å²) in [5.74, 6) is 3.78. The predicted molar refractivity (Wildman–Crippen MR) is 70.2 cm³/mol. The first kappa shape index (κ1) is 16.9. The number of rotatable bonds is 5. The fourth-order valence-electron chi connectivity index (χ4n) is 1.67. The molecule has 10 nitrogen and oxygen atoms in total.